The fraction of sp³-hybridized carbons (Fsp3) is 0.250. The second-order valence-electron chi connectivity index (χ2n) is 5.76. The molecule has 2 aromatic carbocycles. The van der Waals surface area contributed by atoms with E-state index in [4.69, 9.17) is 9.47 Å². The predicted molar refractivity (Wildman–Crippen MR) is 97.5 cm³/mol. The minimum Gasteiger partial charge on any atom is -0.497 e. The molecule has 3 rings (SSSR count). The maximum absolute atomic E-state index is 5.36. The fourth-order valence-corrected chi connectivity index (χ4v) is 2.75. The number of nitrogens with zero attached hydrogens (tertiary/aromatic N) is 1. The van der Waals surface area contributed by atoms with Gasteiger partial charge >= 0.3 is 0 Å². The molecule has 4 nitrogen and oxygen atoms in total. The van der Waals surface area contributed by atoms with Crippen LogP contribution >= 0.6 is 0 Å². The van der Waals surface area contributed by atoms with Crippen molar-refractivity contribution in [1.82, 2.24) is 4.98 Å². The highest BCUT2D eigenvalue weighted by molar-refractivity contribution is 5.92. The lowest BCUT2D eigenvalue weighted by Gasteiger charge is -2.14. The van der Waals surface area contributed by atoms with E-state index in [-0.39, 0.29) is 0 Å². The Morgan fingerprint density at radius 3 is 2.62 bits per heavy atom. The van der Waals surface area contributed by atoms with Gasteiger partial charge in [-0.3, -0.25) is 4.98 Å². The van der Waals surface area contributed by atoms with Gasteiger partial charge in [0.2, 0.25) is 0 Å². The van der Waals surface area contributed by atoms with Crippen LogP contribution in [0, 0.1) is 6.92 Å². The molecule has 0 radical (unpaired) electrons. The molecular weight excluding hydrogens is 300 g/mol. The van der Waals surface area contributed by atoms with Gasteiger partial charge in [0, 0.05) is 24.7 Å². The summed E-state index contributed by atoms with van der Waals surface area (Å²) in [5, 5.41) is 4.59. The van der Waals surface area contributed by atoms with Crippen LogP contribution in [0.25, 0.3) is 10.9 Å². The molecule has 0 aliphatic heterocycles. The Balaban J connectivity index is 1.98. The first kappa shape index (κ1) is 16.3. The van der Waals surface area contributed by atoms with E-state index in [9.17, 15) is 0 Å². The third kappa shape index (κ3) is 3.49. The molecule has 0 spiro atoms. The minimum absolute atomic E-state index is 0.487. The topological polar surface area (TPSA) is 43.4 Å². The van der Waals surface area contributed by atoms with Crippen LogP contribution in [0.4, 0.5) is 5.69 Å². The number of pyridine rings is 1. The van der Waals surface area contributed by atoms with Crippen LogP contribution in [0.15, 0.2) is 48.5 Å². The van der Waals surface area contributed by atoms with Crippen LogP contribution in [-0.4, -0.2) is 19.2 Å². The van der Waals surface area contributed by atoms with E-state index >= 15 is 0 Å². The quantitative estimate of drug-likeness (QED) is 0.734. The molecule has 0 atom stereocenters. The number of methoxy groups -OCH3 is 2. The second-order valence-corrected chi connectivity index (χ2v) is 5.76. The summed E-state index contributed by atoms with van der Waals surface area (Å²) >= 11 is 0. The number of anilines is 1. The first-order valence-electron chi connectivity index (χ1n) is 7.96. The van der Waals surface area contributed by atoms with E-state index in [1.165, 1.54) is 11.1 Å². The van der Waals surface area contributed by atoms with Gasteiger partial charge in [0.05, 0.1) is 24.9 Å². The van der Waals surface area contributed by atoms with Gasteiger partial charge in [-0.1, -0.05) is 24.3 Å². The highest BCUT2D eigenvalue weighted by Crippen LogP contribution is 2.28. The lowest BCUT2D eigenvalue weighted by molar-refractivity contribution is 0.182. The van der Waals surface area contributed by atoms with E-state index in [2.05, 4.69) is 41.5 Å². The smallest absolute Gasteiger partial charge is 0.119 e. The van der Waals surface area contributed by atoms with Crippen molar-refractivity contribution in [2.24, 2.45) is 0 Å². The number of hydrogen-bond donors (Lipinski definition) is 1. The molecule has 0 fully saturated rings. The maximum atomic E-state index is 5.36. The van der Waals surface area contributed by atoms with E-state index in [0.717, 1.165) is 34.6 Å². The van der Waals surface area contributed by atoms with Gasteiger partial charge < -0.3 is 14.8 Å². The summed E-state index contributed by atoms with van der Waals surface area (Å²) in [4.78, 5) is 4.65. The van der Waals surface area contributed by atoms with Crippen LogP contribution in [0.2, 0.25) is 0 Å². The highest BCUT2D eigenvalue weighted by atomic mass is 16.5. The third-order valence-electron chi connectivity index (χ3n) is 4.09. The van der Waals surface area contributed by atoms with Crippen molar-refractivity contribution in [1.29, 1.82) is 0 Å². The Hall–Kier alpha value is -2.59. The zero-order chi connectivity index (χ0) is 16.9. The van der Waals surface area contributed by atoms with Crippen molar-refractivity contribution in [3.05, 3.63) is 65.4 Å². The first-order chi connectivity index (χ1) is 11.7. The highest BCUT2D eigenvalue weighted by Gasteiger charge is 2.08. The van der Waals surface area contributed by atoms with Crippen LogP contribution in [-0.2, 0) is 17.9 Å². The molecule has 0 unspecified atom stereocenters. The van der Waals surface area contributed by atoms with Crippen LogP contribution in [0.3, 0.4) is 0 Å². The van der Waals surface area contributed by atoms with Gasteiger partial charge in [-0.2, -0.15) is 0 Å². The number of nitrogens with one attached hydrogen (secondary N) is 1. The fourth-order valence-electron chi connectivity index (χ4n) is 2.75. The van der Waals surface area contributed by atoms with Crippen LogP contribution in [0.1, 0.15) is 16.8 Å². The molecule has 0 aliphatic carbocycles. The van der Waals surface area contributed by atoms with E-state index in [0.29, 0.717) is 6.61 Å². The zero-order valence-electron chi connectivity index (χ0n) is 14.3. The molecular formula is C20H22N2O2. The summed E-state index contributed by atoms with van der Waals surface area (Å²) in [5.74, 6) is 0.822. The van der Waals surface area contributed by atoms with Gasteiger partial charge in [0.15, 0.2) is 0 Å². The van der Waals surface area contributed by atoms with Crippen molar-refractivity contribution >= 4 is 16.6 Å². The number of fused-ring (bicyclic) bond motifs is 1. The van der Waals surface area contributed by atoms with Gasteiger partial charge in [-0.25, -0.2) is 0 Å². The predicted octanol–water partition coefficient (Wildman–Crippen LogP) is 4.31. The summed E-state index contributed by atoms with van der Waals surface area (Å²) in [7, 11) is 3.36. The van der Waals surface area contributed by atoms with E-state index < -0.39 is 0 Å². The van der Waals surface area contributed by atoms with Gasteiger partial charge in [-0.15, -0.1) is 0 Å². The molecule has 3 aromatic rings. The Morgan fingerprint density at radius 1 is 1.04 bits per heavy atom. The number of hydrogen-bond acceptors (Lipinski definition) is 4. The molecule has 4 heteroatoms. The number of aryl methyl sites for hydroxylation is 1. The Morgan fingerprint density at radius 2 is 1.88 bits per heavy atom. The van der Waals surface area contributed by atoms with E-state index in [1.54, 1.807) is 14.2 Å². The summed E-state index contributed by atoms with van der Waals surface area (Å²) in [6, 6.07) is 16.4. The van der Waals surface area contributed by atoms with Crippen molar-refractivity contribution in [3.8, 4) is 5.75 Å². The molecule has 0 saturated heterocycles. The Labute approximate surface area is 142 Å². The number of aromatic nitrogens is 1. The average molecular weight is 322 g/mol. The molecule has 0 bridgehead atoms. The second kappa shape index (κ2) is 7.32. The van der Waals surface area contributed by atoms with Crippen LogP contribution in [0.5, 0.6) is 5.75 Å². The molecule has 1 N–H and O–H groups in total. The molecule has 124 valence electrons. The standard InChI is InChI=1S/C20H22N2O2/c1-14-6-4-5-7-15(14)12-21-20-10-16(13-23-2)22-19-9-8-17(24-3)11-18(19)20/h4-11H,12-13H2,1-3H3,(H,21,22). The Kier molecular flexibility index (Phi) is 4.96. The SMILES string of the molecule is COCc1cc(NCc2ccccc2C)c2cc(OC)ccc2n1. The van der Waals surface area contributed by atoms with Gasteiger partial charge in [0.25, 0.3) is 0 Å². The summed E-state index contributed by atoms with van der Waals surface area (Å²) in [6.45, 7) is 3.37. The molecule has 0 amide bonds. The maximum Gasteiger partial charge on any atom is 0.119 e. The molecule has 0 aliphatic rings. The van der Waals surface area contributed by atoms with Crippen molar-refractivity contribution in [3.63, 3.8) is 0 Å². The third-order valence-corrected chi connectivity index (χ3v) is 4.09. The van der Waals surface area contributed by atoms with Gasteiger partial charge in [0.1, 0.15) is 5.75 Å². The molecule has 0 saturated carbocycles. The largest absolute Gasteiger partial charge is 0.497 e. The van der Waals surface area contributed by atoms with Crippen molar-refractivity contribution in [2.45, 2.75) is 20.1 Å². The number of ether oxygens (including phenoxy) is 2. The monoisotopic (exact) mass is 322 g/mol. The normalized spacial score (nSPS) is 10.8. The van der Waals surface area contributed by atoms with Crippen molar-refractivity contribution < 1.29 is 9.47 Å². The minimum atomic E-state index is 0.487. The number of rotatable bonds is 6. The van der Waals surface area contributed by atoms with Crippen LogP contribution < -0.4 is 10.1 Å². The van der Waals surface area contributed by atoms with Gasteiger partial charge in [-0.05, 0) is 42.3 Å². The summed E-state index contributed by atoms with van der Waals surface area (Å²) < 4.78 is 10.6. The first-order valence-corrected chi connectivity index (χ1v) is 7.96. The van der Waals surface area contributed by atoms with Crippen molar-refractivity contribution in [2.75, 3.05) is 19.5 Å². The Bertz CT molecular complexity index is 846. The molecule has 24 heavy (non-hydrogen) atoms. The lowest BCUT2D eigenvalue weighted by Crippen LogP contribution is -2.04. The lowest BCUT2D eigenvalue weighted by atomic mass is 10.1. The zero-order valence-corrected chi connectivity index (χ0v) is 14.3. The average Bonchev–Trinajstić information content (AvgIpc) is 2.60. The summed E-state index contributed by atoms with van der Waals surface area (Å²) in [5.41, 5.74) is 5.42. The summed E-state index contributed by atoms with van der Waals surface area (Å²) in [6.07, 6.45) is 0. The number of benzene rings is 2. The molecule has 1 aromatic heterocycles. The molecule has 1 heterocycles. The van der Waals surface area contributed by atoms with E-state index in [1.807, 2.05) is 24.3 Å².